The van der Waals surface area contributed by atoms with Crippen LogP contribution in [0.2, 0.25) is 0 Å². The number of hydrogen-bond donors (Lipinski definition) is 2. The van der Waals surface area contributed by atoms with E-state index in [2.05, 4.69) is 5.32 Å². The molecule has 0 amide bonds. The van der Waals surface area contributed by atoms with Gasteiger partial charge in [-0.05, 0) is 37.6 Å². The molecule has 0 saturated carbocycles. The maximum absolute atomic E-state index is 10.9. The number of carboxylic acid groups (broad SMARTS) is 1. The highest BCUT2D eigenvalue weighted by Crippen LogP contribution is 2.17. The van der Waals surface area contributed by atoms with Crippen molar-refractivity contribution < 1.29 is 19.4 Å². The van der Waals surface area contributed by atoms with Crippen LogP contribution in [0.25, 0.3) is 0 Å². The molecular weight excluding hydrogens is 294 g/mol. The summed E-state index contributed by atoms with van der Waals surface area (Å²) >= 11 is 0. The molecule has 0 heterocycles. The summed E-state index contributed by atoms with van der Waals surface area (Å²) < 4.78 is 10.9. The van der Waals surface area contributed by atoms with Crippen molar-refractivity contribution in [2.24, 2.45) is 0 Å². The molecule has 2 N–H and O–H groups in total. The van der Waals surface area contributed by atoms with Crippen molar-refractivity contribution in [1.29, 1.82) is 0 Å². The molecule has 0 saturated heterocycles. The first-order chi connectivity index (χ1) is 9.67. The number of aliphatic carboxylic acids is 1. The smallest absolute Gasteiger partial charge is 0.320 e. The van der Waals surface area contributed by atoms with Crippen molar-refractivity contribution in [1.82, 2.24) is 5.32 Å². The topological polar surface area (TPSA) is 67.8 Å². The summed E-state index contributed by atoms with van der Waals surface area (Å²) in [5.41, 5.74) is 0. The van der Waals surface area contributed by atoms with Gasteiger partial charge in [-0.2, -0.15) is 0 Å². The number of halogens is 1. The summed E-state index contributed by atoms with van der Waals surface area (Å²) in [6, 6.07) is 6.88. The van der Waals surface area contributed by atoms with Crippen LogP contribution in [0, 0.1) is 0 Å². The molecule has 0 fully saturated rings. The summed E-state index contributed by atoms with van der Waals surface area (Å²) in [6.07, 6.45) is 1.46. The predicted octanol–water partition coefficient (Wildman–Crippen LogP) is 2.73. The fraction of sp³-hybridized carbons (Fsp3) is 0.533. The highest BCUT2D eigenvalue weighted by molar-refractivity contribution is 5.85. The molecule has 0 bridgehead atoms. The summed E-state index contributed by atoms with van der Waals surface area (Å²) in [6.45, 7) is 5.48. The molecule has 21 heavy (non-hydrogen) atoms. The lowest BCUT2D eigenvalue weighted by atomic mass is 10.2. The van der Waals surface area contributed by atoms with Crippen LogP contribution in [0.5, 0.6) is 11.5 Å². The lowest BCUT2D eigenvalue weighted by Crippen LogP contribution is -2.38. The van der Waals surface area contributed by atoms with Crippen LogP contribution in [0.1, 0.15) is 26.7 Å². The lowest BCUT2D eigenvalue weighted by molar-refractivity contribution is -0.139. The fourth-order valence-corrected chi connectivity index (χ4v) is 1.80. The molecule has 1 aromatic rings. The van der Waals surface area contributed by atoms with Crippen molar-refractivity contribution in [3.8, 4) is 11.5 Å². The van der Waals surface area contributed by atoms with Crippen LogP contribution < -0.4 is 14.8 Å². The number of carboxylic acids is 1. The van der Waals surface area contributed by atoms with E-state index in [-0.39, 0.29) is 12.4 Å². The first kappa shape index (κ1) is 19.5. The van der Waals surface area contributed by atoms with Crippen LogP contribution in [0.4, 0.5) is 0 Å². The summed E-state index contributed by atoms with van der Waals surface area (Å²) in [5, 5.41) is 12.0. The Morgan fingerprint density at radius 3 is 2.24 bits per heavy atom. The van der Waals surface area contributed by atoms with Crippen molar-refractivity contribution >= 4 is 18.4 Å². The highest BCUT2D eigenvalue weighted by atomic mass is 35.5. The normalized spacial score (nSPS) is 11.3. The minimum atomic E-state index is -0.812. The van der Waals surface area contributed by atoms with E-state index >= 15 is 0 Å². The highest BCUT2D eigenvalue weighted by Gasteiger charge is 2.14. The van der Waals surface area contributed by atoms with E-state index in [0.717, 1.165) is 17.9 Å². The Kier molecular flexibility index (Phi) is 10.4. The monoisotopic (exact) mass is 317 g/mol. The third-order valence-corrected chi connectivity index (χ3v) is 2.77. The van der Waals surface area contributed by atoms with Crippen molar-refractivity contribution in [2.45, 2.75) is 32.7 Å². The van der Waals surface area contributed by atoms with Gasteiger partial charge in [0.05, 0.1) is 6.61 Å². The van der Waals surface area contributed by atoms with E-state index in [1.165, 1.54) is 0 Å². The van der Waals surface area contributed by atoms with Gasteiger partial charge < -0.3 is 19.9 Å². The van der Waals surface area contributed by atoms with Crippen LogP contribution in [-0.2, 0) is 4.79 Å². The second-order valence-electron chi connectivity index (χ2n) is 4.39. The van der Waals surface area contributed by atoms with Crippen LogP contribution in [0.3, 0.4) is 0 Å². The molecule has 5 nitrogen and oxygen atoms in total. The second kappa shape index (κ2) is 11.2. The molecule has 0 aromatic heterocycles. The SMILES string of the molecule is CCCC(NCCOc1ccc(OCC)cc1)C(=O)O.Cl. The third kappa shape index (κ3) is 7.78. The van der Waals surface area contributed by atoms with E-state index in [4.69, 9.17) is 14.6 Å². The molecule has 120 valence electrons. The van der Waals surface area contributed by atoms with E-state index in [0.29, 0.717) is 26.2 Å². The molecule has 1 unspecified atom stereocenters. The third-order valence-electron chi connectivity index (χ3n) is 2.77. The average Bonchev–Trinajstić information content (AvgIpc) is 2.44. The molecule has 0 aliphatic carbocycles. The van der Waals surface area contributed by atoms with E-state index in [1.807, 2.05) is 38.1 Å². The van der Waals surface area contributed by atoms with Crippen LogP contribution >= 0.6 is 12.4 Å². The largest absolute Gasteiger partial charge is 0.494 e. The van der Waals surface area contributed by atoms with Crippen molar-refractivity contribution in [3.05, 3.63) is 24.3 Å². The van der Waals surface area contributed by atoms with Gasteiger partial charge in [-0.3, -0.25) is 4.79 Å². The Morgan fingerprint density at radius 1 is 1.19 bits per heavy atom. The van der Waals surface area contributed by atoms with Gasteiger partial charge in [-0.15, -0.1) is 12.4 Å². The lowest BCUT2D eigenvalue weighted by Gasteiger charge is -2.14. The Hall–Kier alpha value is -1.46. The first-order valence-electron chi connectivity index (χ1n) is 6.99. The predicted molar refractivity (Wildman–Crippen MR) is 84.7 cm³/mol. The minimum absolute atomic E-state index is 0. The van der Waals surface area contributed by atoms with Gasteiger partial charge in [-0.25, -0.2) is 0 Å². The Balaban J connectivity index is 0.00000400. The van der Waals surface area contributed by atoms with Gasteiger partial charge in [0.2, 0.25) is 0 Å². The van der Waals surface area contributed by atoms with Gasteiger partial charge in [0.25, 0.3) is 0 Å². The number of carbonyl (C=O) groups is 1. The fourth-order valence-electron chi connectivity index (χ4n) is 1.80. The van der Waals surface area contributed by atoms with E-state index < -0.39 is 12.0 Å². The molecule has 0 spiro atoms. The molecular formula is C15H24ClNO4. The van der Waals surface area contributed by atoms with Gasteiger partial charge in [0.1, 0.15) is 24.1 Å². The van der Waals surface area contributed by atoms with Gasteiger partial charge in [-0.1, -0.05) is 13.3 Å². The Labute approximate surface area is 132 Å². The van der Waals surface area contributed by atoms with E-state index in [9.17, 15) is 4.79 Å². The number of benzene rings is 1. The molecule has 1 aromatic carbocycles. The molecule has 6 heteroatoms. The maximum atomic E-state index is 10.9. The summed E-state index contributed by atoms with van der Waals surface area (Å²) in [7, 11) is 0. The van der Waals surface area contributed by atoms with Crippen LogP contribution in [-0.4, -0.2) is 36.9 Å². The second-order valence-corrected chi connectivity index (χ2v) is 4.39. The van der Waals surface area contributed by atoms with Gasteiger partial charge >= 0.3 is 5.97 Å². The van der Waals surface area contributed by atoms with Crippen molar-refractivity contribution in [2.75, 3.05) is 19.8 Å². The molecule has 1 atom stereocenters. The Bertz CT molecular complexity index is 397. The maximum Gasteiger partial charge on any atom is 0.320 e. The first-order valence-corrected chi connectivity index (χ1v) is 6.99. The molecule has 0 aliphatic rings. The van der Waals surface area contributed by atoms with Gasteiger partial charge in [0, 0.05) is 6.54 Å². The zero-order valence-electron chi connectivity index (χ0n) is 12.5. The number of ether oxygens (including phenoxy) is 2. The van der Waals surface area contributed by atoms with E-state index in [1.54, 1.807) is 0 Å². The van der Waals surface area contributed by atoms with Crippen molar-refractivity contribution in [3.63, 3.8) is 0 Å². The number of rotatable bonds is 10. The summed E-state index contributed by atoms with van der Waals surface area (Å²) in [5.74, 6) is 0.748. The average molecular weight is 318 g/mol. The van der Waals surface area contributed by atoms with Gasteiger partial charge in [0.15, 0.2) is 0 Å². The summed E-state index contributed by atoms with van der Waals surface area (Å²) in [4.78, 5) is 10.9. The quantitative estimate of drug-likeness (QED) is 0.649. The van der Waals surface area contributed by atoms with Crippen LogP contribution in [0.15, 0.2) is 24.3 Å². The molecule has 1 rings (SSSR count). The number of hydrogen-bond acceptors (Lipinski definition) is 4. The minimum Gasteiger partial charge on any atom is -0.494 e. The zero-order chi connectivity index (χ0) is 14.8. The zero-order valence-corrected chi connectivity index (χ0v) is 13.3. The number of nitrogens with one attached hydrogen (secondary N) is 1. The molecule has 0 radical (unpaired) electrons. The Morgan fingerprint density at radius 2 is 1.76 bits per heavy atom. The molecule has 0 aliphatic heterocycles. The standard InChI is InChI=1S/C15H23NO4.ClH/c1-3-5-14(15(17)18)16-10-11-20-13-8-6-12(7-9-13)19-4-2;/h6-9,14,16H,3-5,10-11H2,1-2H3,(H,17,18);1H.